The maximum absolute atomic E-state index is 4.93. The van der Waals surface area contributed by atoms with Crippen LogP contribution in [0.1, 0.15) is 13.8 Å². The van der Waals surface area contributed by atoms with E-state index in [1.165, 1.54) is 12.2 Å². The molecule has 11 heavy (non-hydrogen) atoms. The van der Waals surface area contributed by atoms with Crippen molar-refractivity contribution in [3.8, 4) is 0 Å². The third-order valence-corrected chi connectivity index (χ3v) is 0.607. The van der Waals surface area contributed by atoms with Crippen molar-refractivity contribution in [1.29, 1.82) is 0 Å². The molecule has 0 radical (unpaired) electrons. The summed E-state index contributed by atoms with van der Waals surface area (Å²) in [5.74, 6) is 0. The summed E-state index contributed by atoms with van der Waals surface area (Å²) in [6, 6.07) is 0. The molecule has 0 nitrogen and oxygen atoms in total. The Balaban J connectivity index is -0.000000107. The Labute approximate surface area is 85.3 Å². The predicted octanol–water partition coefficient (Wildman–Crippen LogP) is 3.10. The Kier molecular flexibility index (Phi) is 34.9. The van der Waals surface area contributed by atoms with Crippen molar-refractivity contribution in [3.05, 3.63) is 49.6 Å². The molecule has 0 rings (SSSR count). The predicted molar refractivity (Wildman–Crippen MR) is 47.4 cm³/mol. The molecule has 0 aromatic heterocycles. The minimum absolute atomic E-state index is 0. The van der Waals surface area contributed by atoms with Crippen LogP contribution in [0.4, 0.5) is 0 Å². The van der Waals surface area contributed by atoms with Crippen LogP contribution in [-0.4, -0.2) is 0 Å². The van der Waals surface area contributed by atoms with E-state index in [0.717, 1.165) is 0 Å². The zero-order valence-electron chi connectivity index (χ0n) is 7.12. The van der Waals surface area contributed by atoms with Crippen molar-refractivity contribution in [3.63, 3.8) is 0 Å². The van der Waals surface area contributed by atoms with E-state index < -0.39 is 0 Å². The largest absolute Gasteiger partial charge is 2.00 e. The van der Waals surface area contributed by atoms with Crippen molar-refractivity contribution in [2.75, 3.05) is 0 Å². The summed E-state index contributed by atoms with van der Waals surface area (Å²) in [6.07, 6.45) is 10.3. The fraction of sp³-hybridized carbons (Fsp3) is 0.200. The minimum Gasteiger partial charge on any atom is -0.293 e. The Morgan fingerprint density at radius 1 is 0.818 bits per heavy atom. The van der Waals surface area contributed by atoms with E-state index in [1.807, 2.05) is 26.0 Å². The minimum atomic E-state index is 0. The second-order valence-electron chi connectivity index (χ2n) is 1.44. The molecule has 0 aliphatic rings. The van der Waals surface area contributed by atoms with Gasteiger partial charge in [-0.2, -0.15) is 12.2 Å². The quantitative estimate of drug-likeness (QED) is 0.349. The molecule has 0 unspecified atom stereocenters. The van der Waals surface area contributed by atoms with Gasteiger partial charge in [-0.25, -0.2) is 24.3 Å². The molecule has 0 spiro atoms. The molecular weight excluding hydrogens is 168 g/mol. The van der Waals surface area contributed by atoms with E-state index in [1.54, 1.807) is 12.2 Å². The third kappa shape index (κ3) is 42.2. The molecule has 0 bridgehead atoms. The Bertz CT molecular complexity index is 105. The van der Waals surface area contributed by atoms with Crippen molar-refractivity contribution in [1.82, 2.24) is 0 Å². The van der Waals surface area contributed by atoms with E-state index in [4.69, 9.17) is 13.2 Å². The summed E-state index contributed by atoms with van der Waals surface area (Å²) in [7, 11) is 0. The van der Waals surface area contributed by atoms with Crippen LogP contribution in [0.5, 0.6) is 0 Å². The monoisotopic (exact) mass is 182 g/mol. The van der Waals surface area contributed by atoms with Crippen molar-refractivity contribution >= 4 is 0 Å². The van der Waals surface area contributed by atoms with Crippen LogP contribution in [0.15, 0.2) is 36.5 Å². The number of allylic oxidation sites excluding steroid dienone is 6. The molecule has 58 valence electrons. The van der Waals surface area contributed by atoms with Crippen LogP contribution >= 0.6 is 0 Å². The van der Waals surface area contributed by atoms with Crippen LogP contribution in [0.25, 0.3) is 0 Å². The molecule has 0 heterocycles. The topological polar surface area (TPSA) is 0 Å². The summed E-state index contributed by atoms with van der Waals surface area (Å²) < 4.78 is 0. The number of hydrogen-bond donors (Lipinski definition) is 0. The Hall–Kier alpha value is -0.326. The molecule has 0 N–H and O–H groups in total. The molecule has 0 fully saturated rings. The molecule has 0 atom stereocenters. The Morgan fingerprint density at radius 3 is 1.09 bits per heavy atom. The van der Waals surface area contributed by atoms with Crippen LogP contribution < -0.4 is 0 Å². The van der Waals surface area contributed by atoms with Gasteiger partial charge in [0, 0.05) is 0 Å². The first-order valence-corrected chi connectivity index (χ1v) is 3.15. The van der Waals surface area contributed by atoms with Crippen LogP contribution in [0, 0.1) is 13.2 Å². The van der Waals surface area contributed by atoms with Gasteiger partial charge >= 0.3 is 21.7 Å². The zero-order valence-corrected chi connectivity index (χ0v) is 8.68. The number of rotatable bonds is 2. The normalized spacial score (nSPS) is 8.18. The van der Waals surface area contributed by atoms with Crippen molar-refractivity contribution < 1.29 is 21.7 Å². The van der Waals surface area contributed by atoms with Gasteiger partial charge in [0.15, 0.2) is 0 Å². The maximum Gasteiger partial charge on any atom is 2.00 e. The van der Waals surface area contributed by atoms with E-state index in [9.17, 15) is 0 Å². The van der Waals surface area contributed by atoms with Crippen molar-refractivity contribution in [2.24, 2.45) is 0 Å². The van der Waals surface area contributed by atoms with Gasteiger partial charge in [-0.15, -0.1) is 0 Å². The average Bonchev–Trinajstić information content (AvgIpc) is 1.93. The fourth-order valence-corrected chi connectivity index (χ4v) is 0.222. The average molecular weight is 182 g/mol. The van der Waals surface area contributed by atoms with Gasteiger partial charge in [-0.3, -0.25) is 13.2 Å². The van der Waals surface area contributed by atoms with Gasteiger partial charge in [0.2, 0.25) is 0 Å². The molecule has 0 saturated carbocycles. The van der Waals surface area contributed by atoms with Gasteiger partial charge in [0.05, 0.1) is 0 Å². The SMILES string of the molecule is [CH-]=CC=CC.[CH-]=CC=CC.[Ti+2]. The van der Waals surface area contributed by atoms with E-state index in [2.05, 4.69) is 0 Å². The van der Waals surface area contributed by atoms with Crippen molar-refractivity contribution in [2.45, 2.75) is 13.8 Å². The standard InChI is InChI=1S/2C5H7.Ti/c2*1-3-5-4-2;/h2*1,3-5H,2H3;/q2*-1;+2. The Morgan fingerprint density at radius 2 is 1.09 bits per heavy atom. The van der Waals surface area contributed by atoms with Gasteiger partial charge < -0.3 is 0 Å². The molecule has 0 amide bonds. The van der Waals surface area contributed by atoms with Gasteiger partial charge in [-0.05, 0) is 0 Å². The molecular formula is C10H14Ti. The molecule has 1 heteroatoms. The summed E-state index contributed by atoms with van der Waals surface area (Å²) in [5, 5.41) is 0. The third-order valence-electron chi connectivity index (χ3n) is 0.607. The second kappa shape index (κ2) is 22.6. The van der Waals surface area contributed by atoms with Gasteiger partial charge in [0.1, 0.15) is 0 Å². The first-order valence-electron chi connectivity index (χ1n) is 3.15. The second-order valence-corrected chi connectivity index (χ2v) is 1.44. The van der Waals surface area contributed by atoms with Crippen LogP contribution in [-0.2, 0) is 21.7 Å². The molecule has 0 aromatic rings. The van der Waals surface area contributed by atoms with E-state index in [-0.39, 0.29) is 21.7 Å². The summed E-state index contributed by atoms with van der Waals surface area (Å²) >= 11 is 0. The first kappa shape index (κ1) is 17.0. The summed E-state index contributed by atoms with van der Waals surface area (Å²) in [4.78, 5) is 0. The van der Waals surface area contributed by atoms with Gasteiger partial charge in [0.25, 0.3) is 0 Å². The maximum atomic E-state index is 4.93. The van der Waals surface area contributed by atoms with E-state index >= 15 is 0 Å². The van der Waals surface area contributed by atoms with E-state index in [0.29, 0.717) is 0 Å². The molecule has 0 saturated heterocycles. The molecule has 0 aliphatic heterocycles. The van der Waals surface area contributed by atoms with Gasteiger partial charge in [-0.1, -0.05) is 13.8 Å². The molecule has 0 aliphatic carbocycles. The molecule has 0 aromatic carbocycles. The van der Waals surface area contributed by atoms with Crippen LogP contribution in [0.2, 0.25) is 0 Å². The summed E-state index contributed by atoms with van der Waals surface area (Å²) in [6.45, 7) is 13.7. The summed E-state index contributed by atoms with van der Waals surface area (Å²) in [5.41, 5.74) is 0. The van der Waals surface area contributed by atoms with Crippen LogP contribution in [0.3, 0.4) is 0 Å². The fourth-order valence-electron chi connectivity index (χ4n) is 0.222. The smallest absolute Gasteiger partial charge is 0.293 e. The first-order chi connectivity index (χ1) is 4.83. The number of hydrogen-bond acceptors (Lipinski definition) is 0. The zero-order chi connectivity index (χ0) is 8.24.